The smallest absolute Gasteiger partial charge is 0.275 e. The molecule has 6 rings (SSSR count). The third kappa shape index (κ3) is 6.40. The largest absolute Gasteiger partial charge is 0.489 e. The lowest BCUT2D eigenvalue weighted by atomic mass is 10.1. The lowest BCUT2D eigenvalue weighted by Crippen LogP contribution is -2.44. The number of piperidine rings is 1. The molecule has 0 aliphatic carbocycles. The molecule has 0 saturated carbocycles. The zero-order valence-corrected chi connectivity index (χ0v) is 24.6. The molecular formula is C31H33N9O4. The number of oxazole rings is 1. The minimum Gasteiger partial charge on any atom is -0.489 e. The molecule has 5 heterocycles. The van der Waals surface area contributed by atoms with Crippen molar-refractivity contribution in [2.24, 2.45) is 0 Å². The first-order valence-corrected chi connectivity index (χ1v) is 14.5. The van der Waals surface area contributed by atoms with Crippen molar-refractivity contribution >= 4 is 23.4 Å². The first-order valence-electron chi connectivity index (χ1n) is 14.5. The second kappa shape index (κ2) is 13.0. The van der Waals surface area contributed by atoms with Crippen molar-refractivity contribution in [1.82, 2.24) is 29.7 Å². The molecule has 13 heteroatoms. The minimum absolute atomic E-state index is 0.115. The van der Waals surface area contributed by atoms with E-state index < -0.39 is 0 Å². The summed E-state index contributed by atoms with van der Waals surface area (Å²) in [7, 11) is 3.74. The molecule has 2 fully saturated rings. The molecule has 2 saturated heterocycles. The highest BCUT2D eigenvalue weighted by Gasteiger charge is 2.26. The number of methoxy groups -OCH3 is 1. The van der Waals surface area contributed by atoms with E-state index in [1.165, 1.54) is 12.7 Å². The van der Waals surface area contributed by atoms with Crippen molar-refractivity contribution in [3.63, 3.8) is 0 Å². The van der Waals surface area contributed by atoms with Gasteiger partial charge in [0, 0.05) is 63.9 Å². The maximum absolute atomic E-state index is 12.5. The number of amides is 1. The van der Waals surface area contributed by atoms with E-state index in [0.29, 0.717) is 66.3 Å². The minimum atomic E-state index is -0.157. The number of benzene rings is 1. The van der Waals surface area contributed by atoms with Gasteiger partial charge in [0.1, 0.15) is 35.7 Å². The van der Waals surface area contributed by atoms with Crippen LogP contribution in [-0.2, 0) is 0 Å². The van der Waals surface area contributed by atoms with Gasteiger partial charge < -0.3 is 33.9 Å². The Morgan fingerprint density at radius 3 is 2.59 bits per heavy atom. The normalized spacial score (nSPS) is 15.9. The van der Waals surface area contributed by atoms with Crippen molar-refractivity contribution in [1.29, 1.82) is 5.26 Å². The molecule has 0 atom stereocenters. The molecule has 0 bridgehead atoms. The van der Waals surface area contributed by atoms with Crippen LogP contribution in [0, 0.1) is 11.3 Å². The summed E-state index contributed by atoms with van der Waals surface area (Å²) < 4.78 is 16.7. The molecule has 3 aromatic heterocycles. The van der Waals surface area contributed by atoms with E-state index >= 15 is 0 Å². The summed E-state index contributed by atoms with van der Waals surface area (Å²) >= 11 is 0. The summed E-state index contributed by atoms with van der Waals surface area (Å²) in [5, 5.41) is 13.1. The van der Waals surface area contributed by atoms with Gasteiger partial charge in [0.25, 0.3) is 5.91 Å². The summed E-state index contributed by atoms with van der Waals surface area (Å²) in [4.78, 5) is 36.5. The van der Waals surface area contributed by atoms with E-state index in [1.54, 1.807) is 36.4 Å². The predicted octanol–water partition coefficient (Wildman–Crippen LogP) is 3.59. The van der Waals surface area contributed by atoms with Crippen molar-refractivity contribution in [2.75, 3.05) is 63.6 Å². The summed E-state index contributed by atoms with van der Waals surface area (Å²) in [6, 6.07) is 13.3. The van der Waals surface area contributed by atoms with Crippen LogP contribution in [0.2, 0.25) is 0 Å². The fourth-order valence-electron chi connectivity index (χ4n) is 5.35. The van der Waals surface area contributed by atoms with Crippen LogP contribution in [0.3, 0.4) is 0 Å². The number of carbonyl (C=O) groups is 1. The number of nitrogens with zero attached hydrogens (tertiary/aromatic N) is 8. The molecule has 44 heavy (non-hydrogen) atoms. The van der Waals surface area contributed by atoms with E-state index in [-0.39, 0.29) is 12.0 Å². The van der Waals surface area contributed by atoms with Gasteiger partial charge >= 0.3 is 0 Å². The van der Waals surface area contributed by atoms with E-state index in [2.05, 4.69) is 48.2 Å². The van der Waals surface area contributed by atoms with Gasteiger partial charge in [0.15, 0.2) is 12.1 Å². The number of nitrogens with one attached hydrogen (secondary N) is 1. The number of rotatable bonds is 8. The fourth-order valence-corrected chi connectivity index (χ4v) is 5.35. The Balaban J connectivity index is 1.11. The molecule has 0 unspecified atom stereocenters. The Bertz CT molecular complexity index is 1640. The Hall–Kier alpha value is -5.22. The van der Waals surface area contributed by atoms with Gasteiger partial charge in [-0.25, -0.2) is 15.0 Å². The van der Waals surface area contributed by atoms with Crippen LogP contribution in [0.5, 0.6) is 11.6 Å². The van der Waals surface area contributed by atoms with Crippen LogP contribution >= 0.6 is 0 Å². The van der Waals surface area contributed by atoms with Crippen LogP contribution in [0.4, 0.5) is 17.5 Å². The van der Waals surface area contributed by atoms with Gasteiger partial charge in [-0.05, 0) is 43.4 Å². The van der Waals surface area contributed by atoms with Crippen molar-refractivity contribution in [2.45, 2.75) is 18.9 Å². The number of aromatic nitrogens is 4. The van der Waals surface area contributed by atoms with Crippen LogP contribution in [-0.4, -0.2) is 95.2 Å². The summed E-state index contributed by atoms with van der Waals surface area (Å²) in [6.45, 7) is 4.85. The third-order valence-corrected chi connectivity index (χ3v) is 7.84. The van der Waals surface area contributed by atoms with Crippen LogP contribution in [0.15, 0.2) is 59.7 Å². The number of carbonyl (C=O) groups excluding carboxylic acids is 1. The maximum Gasteiger partial charge on any atom is 0.275 e. The van der Waals surface area contributed by atoms with Gasteiger partial charge in [-0.2, -0.15) is 10.2 Å². The molecule has 13 nitrogen and oxygen atoms in total. The summed E-state index contributed by atoms with van der Waals surface area (Å²) in [6.07, 6.45) is 5.43. The van der Waals surface area contributed by atoms with E-state index in [9.17, 15) is 10.1 Å². The lowest BCUT2D eigenvalue weighted by molar-refractivity contribution is 0.0589. The number of ether oxygens (including phenoxy) is 2. The van der Waals surface area contributed by atoms with Crippen molar-refractivity contribution in [3.05, 3.63) is 66.5 Å². The monoisotopic (exact) mass is 595 g/mol. The van der Waals surface area contributed by atoms with Crippen molar-refractivity contribution < 1.29 is 18.7 Å². The number of likely N-dealkylation sites (N-methyl/N-ethyl adjacent to an activating group) is 1. The standard InChI is InChI=1S/C31H33N9O4/c1-38-13-15-39(16-14-38)26-4-6-28(36-29(26)42-2)37-31-33-10-7-24(35-31)21-3-5-27(22(17-21)18-32)44-23-8-11-40(12-9-23)30(41)25-19-43-20-34-25/h3-7,10,17,19-20,23H,8-9,11-16H2,1-2H3,(H,33,35,36,37). The molecule has 1 aromatic carbocycles. The molecule has 1 N–H and O–H groups in total. The van der Waals surface area contributed by atoms with Gasteiger partial charge in [-0.1, -0.05) is 0 Å². The van der Waals surface area contributed by atoms with Gasteiger partial charge in [0.2, 0.25) is 11.8 Å². The number of piperazine rings is 1. The number of likely N-dealkylation sites (tertiary alicyclic amines) is 1. The second-order valence-corrected chi connectivity index (χ2v) is 10.7. The molecule has 0 spiro atoms. The van der Waals surface area contributed by atoms with Gasteiger partial charge in [-0.15, -0.1) is 0 Å². The quantitative estimate of drug-likeness (QED) is 0.318. The van der Waals surface area contributed by atoms with Gasteiger partial charge in [0.05, 0.1) is 18.4 Å². The summed E-state index contributed by atoms with van der Waals surface area (Å²) in [5.41, 5.74) is 3.06. The molecular weight excluding hydrogens is 562 g/mol. The fraction of sp³-hybridized carbons (Fsp3) is 0.355. The summed E-state index contributed by atoms with van der Waals surface area (Å²) in [5.74, 6) is 1.82. The van der Waals surface area contributed by atoms with E-state index in [1.807, 2.05) is 18.2 Å². The van der Waals surface area contributed by atoms with E-state index in [4.69, 9.17) is 13.9 Å². The predicted molar refractivity (Wildman–Crippen MR) is 162 cm³/mol. The molecule has 1 amide bonds. The number of hydrogen-bond donors (Lipinski definition) is 1. The number of hydrogen-bond acceptors (Lipinski definition) is 12. The van der Waals surface area contributed by atoms with Crippen LogP contribution in [0.25, 0.3) is 11.3 Å². The highest BCUT2D eigenvalue weighted by Crippen LogP contribution is 2.31. The molecule has 0 radical (unpaired) electrons. The Morgan fingerprint density at radius 2 is 1.86 bits per heavy atom. The SMILES string of the molecule is COc1nc(Nc2nccc(-c3ccc(OC4CCN(C(=O)c5cocn5)CC4)c(C#N)c3)n2)ccc1N1CCN(C)CC1. The van der Waals surface area contributed by atoms with Crippen LogP contribution in [0.1, 0.15) is 28.9 Å². The van der Waals surface area contributed by atoms with Gasteiger partial charge in [-0.3, -0.25) is 4.79 Å². The zero-order valence-electron chi connectivity index (χ0n) is 24.6. The average Bonchev–Trinajstić information content (AvgIpc) is 3.61. The molecule has 2 aliphatic rings. The second-order valence-electron chi connectivity index (χ2n) is 10.7. The van der Waals surface area contributed by atoms with Crippen molar-refractivity contribution in [3.8, 4) is 29.0 Å². The topological polar surface area (TPSA) is 146 Å². The average molecular weight is 596 g/mol. The molecule has 226 valence electrons. The highest BCUT2D eigenvalue weighted by atomic mass is 16.5. The maximum atomic E-state index is 12.5. The van der Waals surface area contributed by atoms with Crippen LogP contribution < -0.4 is 19.7 Å². The lowest BCUT2D eigenvalue weighted by Gasteiger charge is -2.34. The number of pyridine rings is 1. The first-order chi connectivity index (χ1) is 21.5. The Morgan fingerprint density at radius 1 is 1.05 bits per heavy atom. The number of nitriles is 1. The third-order valence-electron chi connectivity index (χ3n) is 7.84. The number of anilines is 3. The first kappa shape index (κ1) is 28.9. The molecule has 4 aromatic rings. The molecule has 2 aliphatic heterocycles. The zero-order chi connectivity index (χ0) is 30.5. The Kier molecular flexibility index (Phi) is 8.51. The highest BCUT2D eigenvalue weighted by molar-refractivity contribution is 5.91. The van der Waals surface area contributed by atoms with E-state index in [0.717, 1.165) is 37.4 Å². The Labute approximate surface area is 255 Å².